The number of rotatable bonds is 3. The van der Waals surface area contributed by atoms with E-state index in [1.807, 2.05) is 36.4 Å². The zero-order valence-electron chi connectivity index (χ0n) is 15.0. The molecule has 0 aromatic heterocycles. The van der Waals surface area contributed by atoms with Crippen LogP contribution in [0.4, 0.5) is 0 Å². The molecule has 0 fully saturated rings. The maximum Gasteiger partial charge on any atom is 2.00 e. The first-order valence-corrected chi connectivity index (χ1v) is 7.96. The topological polar surface area (TPSA) is 26.0 Å². The molecule has 0 radical (unpaired) electrons. The van der Waals surface area contributed by atoms with Crippen LogP contribution < -0.4 is 22.7 Å². The molecule has 3 rings (SSSR count). The van der Waals surface area contributed by atoms with Crippen molar-refractivity contribution in [2.45, 2.75) is 19.8 Å². The Bertz CT molecular complexity index is 655. The van der Waals surface area contributed by atoms with Gasteiger partial charge in [-0.2, -0.15) is 36.4 Å². The van der Waals surface area contributed by atoms with Crippen LogP contribution in [0.15, 0.2) is 78.9 Å². The minimum atomic E-state index is 0. The Morgan fingerprint density at radius 3 is 1.72 bits per heavy atom. The molecule has 0 heterocycles. The largest absolute Gasteiger partial charge is 2.00 e. The van der Waals surface area contributed by atoms with E-state index in [9.17, 15) is 0 Å². The SMILES string of the molecule is Cc1cccc(C)c1C(CN)c1ccccc1.[Br-].[Mg+2].[c-]1ccccc1. The number of hydrogen-bond acceptors (Lipinski definition) is 1. The molecule has 3 aromatic carbocycles. The second-order valence-electron chi connectivity index (χ2n) is 5.58. The molecule has 3 aromatic rings. The first-order valence-electron chi connectivity index (χ1n) is 7.96. The van der Waals surface area contributed by atoms with Crippen molar-refractivity contribution in [3.63, 3.8) is 0 Å². The molecule has 25 heavy (non-hydrogen) atoms. The second-order valence-corrected chi connectivity index (χ2v) is 5.58. The van der Waals surface area contributed by atoms with Crippen LogP contribution in [0.1, 0.15) is 28.2 Å². The molecule has 0 aliphatic rings. The average Bonchev–Trinajstić information content (AvgIpc) is 2.61. The number of benzene rings is 3. The summed E-state index contributed by atoms with van der Waals surface area (Å²) in [6.45, 7) is 4.97. The van der Waals surface area contributed by atoms with Crippen molar-refractivity contribution in [1.29, 1.82) is 0 Å². The molecule has 0 saturated carbocycles. The van der Waals surface area contributed by atoms with Gasteiger partial charge in [0, 0.05) is 12.5 Å². The Morgan fingerprint density at radius 1 is 0.800 bits per heavy atom. The molecule has 3 heteroatoms. The van der Waals surface area contributed by atoms with E-state index in [0.29, 0.717) is 12.5 Å². The standard InChI is InChI=1S/C16H19N.C6H5.BrH.Mg/c1-12-7-6-8-13(2)16(12)15(11-17)14-9-4-3-5-10-14;1-2-4-6-5-3-1;;/h3-10,15H,11,17H2,1-2H3;1-5H;1H;/q;-1;;+2/p-1. The van der Waals surface area contributed by atoms with Crippen LogP contribution in [-0.4, -0.2) is 29.6 Å². The second kappa shape index (κ2) is 13.1. The maximum atomic E-state index is 5.97. The molecule has 2 N–H and O–H groups in total. The molecule has 0 amide bonds. The minimum absolute atomic E-state index is 0. The van der Waals surface area contributed by atoms with Crippen molar-refractivity contribution < 1.29 is 17.0 Å². The van der Waals surface area contributed by atoms with Crippen LogP contribution in [0.25, 0.3) is 0 Å². The Balaban J connectivity index is 0.000000616. The number of aryl methyl sites for hydroxylation is 2. The van der Waals surface area contributed by atoms with E-state index < -0.39 is 0 Å². The van der Waals surface area contributed by atoms with E-state index in [1.165, 1.54) is 22.3 Å². The van der Waals surface area contributed by atoms with Crippen molar-refractivity contribution in [3.8, 4) is 0 Å². The van der Waals surface area contributed by atoms with Gasteiger partial charge in [-0.15, -0.1) is 0 Å². The van der Waals surface area contributed by atoms with Crippen molar-refractivity contribution >= 4 is 23.1 Å². The van der Waals surface area contributed by atoms with Gasteiger partial charge >= 0.3 is 23.1 Å². The molecule has 126 valence electrons. The summed E-state index contributed by atoms with van der Waals surface area (Å²) in [6, 6.07) is 29.4. The van der Waals surface area contributed by atoms with E-state index in [0.717, 1.165) is 0 Å². The minimum Gasteiger partial charge on any atom is -1.00 e. The van der Waals surface area contributed by atoms with E-state index in [4.69, 9.17) is 5.73 Å². The summed E-state index contributed by atoms with van der Waals surface area (Å²) in [6.07, 6.45) is 0. The molecule has 1 unspecified atom stereocenters. The summed E-state index contributed by atoms with van der Waals surface area (Å²) in [7, 11) is 0. The van der Waals surface area contributed by atoms with Crippen molar-refractivity contribution in [1.82, 2.24) is 0 Å². The van der Waals surface area contributed by atoms with E-state index in [2.05, 4.69) is 62.4 Å². The monoisotopic (exact) mass is 405 g/mol. The van der Waals surface area contributed by atoms with Crippen LogP contribution in [-0.2, 0) is 0 Å². The Kier molecular flexibility index (Phi) is 12.5. The summed E-state index contributed by atoms with van der Waals surface area (Å²) in [4.78, 5) is 0. The molecule has 1 atom stereocenters. The zero-order chi connectivity index (χ0) is 16.5. The number of hydrogen-bond donors (Lipinski definition) is 1. The Morgan fingerprint density at radius 2 is 1.32 bits per heavy atom. The van der Waals surface area contributed by atoms with Crippen LogP contribution in [0.5, 0.6) is 0 Å². The van der Waals surface area contributed by atoms with Gasteiger partial charge in [-0.05, 0) is 36.1 Å². The Hall–Kier alpha value is -1.13. The molecule has 0 bridgehead atoms. The molecular formula is C22H24BrMgN. The summed E-state index contributed by atoms with van der Waals surface area (Å²) in [5, 5.41) is 0. The smallest absolute Gasteiger partial charge is 1.00 e. The number of nitrogens with two attached hydrogens (primary N) is 1. The van der Waals surface area contributed by atoms with Crippen LogP contribution in [0, 0.1) is 19.9 Å². The summed E-state index contributed by atoms with van der Waals surface area (Å²) in [5.41, 5.74) is 11.3. The predicted molar refractivity (Wildman–Crippen MR) is 104 cm³/mol. The van der Waals surface area contributed by atoms with Crippen molar-refractivity contribution in [2.24, 2.45) is 5.73 Å². The van der Waals surface area contributed by atoms with E-state index >= 15 is 0 Å². The third kappa shape index (κ3) is 7.33. The first kappa shape index (κ1) is 23.9. The normalized spacial score (nSPS) is 10.4. The van der Waals surface area contributed by atoms with Gasteiger partial charge in [-0.3, -0.25) is 0 Å². The van der Waals surface area contributed by atoms with Gasteiger partial charge in [0.05, 0.1) is 0 Å². The van der Waals surface area contributed by atoms with Gasteiger partial charge in [0.2, 0.25) is 0 Å². The fourth-order valence-electron chi connectivity index (χ4n) is 2.82. The van der Waals surface area contributed by atoms with Crippen LogP contribution in [0.3, 0.4) is 0 Å². The fourth-order valence-corrected chi connectivity index (χ4v) is 2.82. The van der Waals surface area contributed by atoms with Gasteiger partial charge < -0.3 is 22.7 Å². The molecule has 0 spiro atoms. The van der Waals surface area contributed by atoms with Gasteiger partial charge in [0.1, 0.15) is 0 Å². The molecule has 0 saturated heterocycles. The number of halogens is 1. The molecule has 0 aliphatic carbocycles. The van der Waals surface area contributed by atoms with Crippen molar-refractivity contribution in [2.75, 3.05) is 6.54 Å². The molecule has 0 aliphatic heterocycles. The predicted octanol–water partition coefficient (Wildman–Crippen LogP) is 1.50. The molecule has 1 nitrogen and oxygen atoms in total. The first-order chi connectivity index (χ1) is 11.2. The van der Waals surface area contributed by atoms with Gasteiger partial charge in [-0.1, -0.05) is 48.5 Å². The van der Waals surface area contributed by atoms with Crippen LogP contribution in [0.2, 0.25) is 0 Å². The summed E-state index contributed by atoms with van der Waals surface area (Å²) < 4.78 is 0. The van der Waals surface area contributed by atoms with Crippen LogP contribution >= 0.6 is 0 Å². The third-order valence-corrected chi connectivity index (χ3v) is 3.94. The van der Waals surface area contributed by atoms with Gasteiger partial charge in [0.15, 0.2) is 0 Å². The zero-order valence-corrected chi connectivity index (χ0v) is 18.0. The molecular weight excluding hydrogens is 382 g/mol. The third-order valence-electron chi connectivity index (χ3n) is 3.94. The van der Waals surface area contributed by atoms with Gasteiger partial charge in [0.25, 0.3) is 0 Å². The van der Waals surface area contributed by atoms with E-state index in [1.54, 1.807) is 0 Å². The quantitative estimate of drug-likeness (QED) is 0.518. The van der Waals surface area contributed by atoms with Crippen molar-refractivity contribution in [3.05, 3.63) is 107 Å². The van der Waals surface area contributed by atoms with Gasteiger partial charge in [-0.25, -0.2) is 0 Å². The summed E-state index contributed by atoms with van der Waals surface area (Å²) >= 11 is 0. The fraction of sp³-hybridized carbons (Fsp3) is 0.182. The van der Waals surface area contributed by atoms with E-state index in [-0.39, 0.29) is 40.0 Å². The average molecular weight is 407 g/mol. The maximum absolute atomic E-state index is 5.97. The Labute approximate surface area is 178 Å². The summed E-state index contributed by atoms with van der Waals surface area (Å²) in [5.74, 6) is 0.303.